The van der Waals surface area contributed by atoms with E-state index in [9.17, 15) is 19.7 Å². The van der Waals surface area contributed by atoms with Gasteiger partial charge >= 0.3 is 0 Å². The highest BCUT2D eigenvalue weighted by atomic mass is 16.6. The fourth-order valence-electron chi connectivity index (χ4n) is 2.91. The van der Waals surface area contributed by atoms with E-state index in [-0.39, 0.29) is 29.4 Å². The van der Waals surface area contributed by atoms with Gasteiger partial charge in [-0.25, -0.2) is 4.68 Å². The van der Waals surface area contributed by atoms with E-state index in [0.29, 0.717) is 5.56 Å². The van der Waals surface area contributed by atoms with Crippen molar-refractivity contribution in [2.75, 3.05) is 7.05 Å². The number of benzene rings is 2. The molecule has 1 atom stereocenters. The van der Waals surface area contributed by atoms with E-state index < -0.39 is 11.0 Å². The summed E-state index contributed by atoms with van der Waals surface area (Å²) in [7, 11) is 1.60. The summed E-state index contributed by atoms with van der Waals surface area (Å²) in [5, 5.41) is 15.2. The van der Waals surface area contributed by atoms with Crippen molar-refractivity contribution in [2.45, 2.75) is 19.5 Å². The maximum atomic E-state index is 12.9. The average molecular weight is 392 g/mol. The van der Waals surface area contributed by atoms with Gasteiger partial charge in [0.15, 0.2) is 0 Å². The van der Waals surface area contributed by atoms with Crippen molar-refractivity contribution in [3.05, 3.63) is 104 Å². The van der Waals surface area contributed by atoms with E-state index in [4.69, 9.17) is 0 Å². The van der Waals surface area contributed by atoms with Gasteiger partial charge in [-0.3, -0.25) is 19.7 Å². The van der Waals surface area contributed by atoms with Crippen LogP contribution in [0.2, 0.25) is 0 Å². The Hall–Kier alpha value is -3.81. The van der Waals surface area contributed by atoms with Crippen LogP contribution in [-0.2, 0) is 6.54 Å². The molecule has 1 heterocycles. The molecule has 3 aromatic rings. The second-order valence-corrected chi connectivity index (χ2v) is 6.64. The number of non-ortho nitro benzene ring substituents is 1. The lowest BCUT2D eigenvalue weighted by Crippen LogP contribution is -2.33. The zero-order valence-electron chi connectivity index (χ0n) is 16.1. The minimum absolute atomic E-state index is 0.0373. The largest absolute Gasteiger partial charge is 0.334 e. The molecular formula is C21H20N4O4. The number of nitro groups is 1. The monoisotopic (exact) mass is 392 g/mol. The maximum absolute atomic E-state index is 12.9. The molecule has 148 valence electrons. The molecule has 0 radical (unpaired) electrons. The van der Waals surface area contributed by atoms with Gasteiger partial charge < -0.3 is 4.90 Å². The second-order valence-electron chi connectivity index (χ2n) is 6.64. The molecule has 29 heavy (non-hydrogen) atoms. The summed E-state index contributed by atoms with van der Waals surface area (Å²) in [6.45, 7) is 2.03. The van der Waals surface area contributed by atoms with Gasteiger partial charge in [0.2, 0.25) is 0 Å². The first-order valence-electron chi connectivity index (χ1n) is 9.00. The molecule has 0 aliphatic rings. The van der Waals surface area contributed by atoms with Crippen molar-refractivity contribution in [1.82, 2.24) is 14.7 Å². The highest BCUT2D eigenvalue weighted by Crippen LogP contribution is 2.23. The first-order valence-corrected chi connectivity index (χ1v) is 9.00. The summed E-state index contributed by atoms with van der Waals surface area (Å²) in [4.78, 5) is 37.0. The lowest BCUT2D eigenvalue weighted by atomic mass is 10.1. The smallest absolute Gasteiger partial charge is 0.274 e. The first-order chi connectivity index (χ1) is 13.9. The Kier molecular flexibility index (Phi) is 5.82. The average Bonchev–Trinajstić information content (AvgIpc) is 2.74. The van der Waals surface area contributed by atoms with Crippen molar-refractivity contribution in [3.63, 3.8) is 0 Å². The number of amides is 1. The molecule has 1 amide bonds. The minimum Gasteiger partial charge on any atom is -0.334 e. The molecule has 0 spiro atoms. The lowest BCUT2D eigenvalue weighted by molar-refractivity contribution is -0.384. The normalized spacial score (nSPS) is 11.7. The zero-order chi connectivity index (χ0) is 21.0. The van der Waals surface area contributed by atoms with Gasteiger partial charge in [0.25, 0.3) is 17.2 Å². The Labute approximate surface area is 167 Å². The van der Waals surface area contributed by atoms with Crippen LogP contribution >= 0.6 is 0 Å². The van der Waals surface area contributed by atoms with Gasteiger partial charge in [-0.05, 0) is 24.1 Å². The van der Waals surface area contributed by atoms with Gasteiger partial charge in [0.05, 0.1) is 17.5 Å². The first kappa shape index (κ1) is 19.9. The molecule has 0 aliphatic heterocycles. The number of nitro benzene ring substituents is 1. The standard InChI is InChI=1S/C21H20N4O4/c1-15(17-9-6-10-18(13-17)25(28)29)23(2)21(27)19-11-12-20(26)24(22-19)14-16-7-4-3-5-8-16/h3-13,15H,14H2,1-2H3. The van der Waals surface area contributed by atoms with Crippen molar-refractivity contribution < 1.29 is 9.72 Å². The van der Waals surface area contributed by atoms with Crippen LogP contribution in [0.25, 0.3) is 0 Å². The third-order valence-electron chi connectivity index (χ3n) is 4.73. The highest BCUT2D eigenvalue weighted by Gasteiger charge is 2.22. The Morgan fingerprint density at radius 3 is 2.55 bits per heavy atom. The predicted octanol–water partition coefficient (Wildman–Crippen LogP) is 3.03. The summed E-state index contributed by atoms with van der Waals surface area (Å²) >= 11 is 0. The molecule has 3 rings (SSSR count). The van der Waals surface area contributed by atoms with Crippen LogP contribution in [0.3, 0.4) is 0 Å². The molecule has 0 saturated heterocycles. The summed E-state index contributed by atoms with van der Waals surface area (Å²) < 4.78 is 1.24. The number of hydrogen-bond acceptors (Lipinski definition) is 5. The predicted molar refractivity (Wildman–Crippen MR) is 108 cm³/mol. The molecule has 1 aromatic heterocycles. The molecule has 1 unspecified atom stereocenters. The van der Waals surface area contributed by atoms with Crippen molar-refractivity contribution in [2.24, 2.45) is 0 Å². The molecule has 0 bridgehead atoms. The van der Waals surface area contributed by atoms with Crippen LogP contribution in [0.5, 0.6) is 0 Å². The molecule has 0 aliphatic carbocycles. The summed E-state index contributed by atoms with van der Waals surface area (Å²) in [6, 6.07) is 17.8. The minimum atomic E-state index is -0.473. The van der Waals surface area contributed by atoms with E-state index in [1.54, 1.807) is 26.1 Å². The quantitative estimate of drug-likeness (QED) is 0.474. The summed E-state index contributed by atoms with van der Waals surface area (Å²) in [6.07, 6.45) is 0. The second kappa shape index (κ2) is 8.47. The fraction of sp³-hybridized carbons (Fsp3) is 0.190. The highest BCUT2D eigenvalue weighted by molar-refractivity contribution is 5.92. The van der Waals surface area contributed by atoms with Crippen molar-refractivity contribution in [3.8, 4) is 0 Å². The molecule has 0 saturated carbocycles. The van der Waals surface area contributed by atoms with Gasteiger partial charge in [-0.2, -0.15) is 5.10 Å². The van der Waals surface area contributed by atoms with Crippen LogP contribution in [0.4, 0.5) is 5.69 Å². The van der Waals surface area contributed by atoms with Crippen LogP contribution in [-0.4, -0.2) is 32.6 Å². The maximum Gasteiger partial charge on any atom is 0.274 e. The summed E-state index contributed by atoms with van der Waals surface area (Å²) in [5.41, 5.74) is 1.31. The van der Waals surface area contributed by atoms with Gasteiger partial charge in [0.1, 0.15) is 5.69 Å². The number of nitrogens with zero attached hydrogens (tertiary/aromatic N) is 4. The number of hydrogen-bond donors (Lipinski definition) is 0. The van der Waals surface area contributed by atoms with E-state index >= 15 is 0 Å². The van der Waals surface area contributed by atoms with Gasteiger partial charge in [-0.15, -0.1) is 0 Å². The van der Waals surface area contributed by atoms with Crippen molar-refractivity contribution >= 4 is 11.6 Å². The van der Waals surface area contributed by atoms with E-state index in [1.165, 1.54) is 33.8 Å². The van der Waals surface area contributed by atoms with Gasteiger partial charge in [0, 0.05) is 25.2 Å². The number of rotatable bonds is 6. The Morgan fingerprint density at radius 1 is 1.14 bits per heavy atom. The zero-order valence-corrected chi connectivity index (χ0v) is 16.1. The molecule has 8 nitrogen and oxygen atoms in total. The van der Waals surface area contributed by atoms with Gasteiger partial charge in [-0.1, -0.05) is 42.5 Å². The SMILES string of the molecule is CC(c1cccc([N+](=O)[O-])c1)N(C)C(=O)c1ccc(=O)n(Cc2ccccc2)n1. The van der Waals surface area contributed by atoms with Crippen LogP contribution in [0, 0.1) is 10.1 Å². The molecule has 0 fully saturated rings. The molecule has 0 N–H and O–H groups in total. The third kappa shape index (κ3) is 4.55. The molecular weight excluding hydrogens is 372 g/mol. The Balaban J connectivity index is 1.84. The topological polar surface area (TPSA) is 98.3 Å². The number of aromatic nitrogens is 2. The Morgan fingerprint density at radius 2 is 1.86 bits per heavy atom. The number of carbonyl (C=O) groups is 1. The molecule has 2 aromatic carbocycles. The lowest BCUT2D eigenvalue weighted by Gasteiger charge is -2.25. The molecule has 8 heteroatoms. The number of carbonyl (C=O) groups excluding carboxylic acids is 1. The fourth-order valence-corrected chi connectivity index (χ4v) is 2.91. The van der Waals surface area contributed by atoms with Crippen molar-refractivity contribution in [1.29, 1.82) is 0 Å². The van der Waals surface area contributed by atoms with E-state index in [2.05, 4.69) is 5.10 Å². The van der Waals surface area contributed by atoms with Crippen LogP contribution < -0.4 is 5.56 Å². The van der Waals surface area contributed by atoms with Crippen LogP contribution in [0.1, 0.15) is 34.6 Å². The van der Waals surface area contributed by atoms with E-state index in [1.807, 2.05) is 30.3 Å². The third-order valence-corrected chi connectivity index (χ3v) is 4.73. The van der Waals surface area contributed by atoms with Crippen LogP contribution in [0.15, 0.2) is 71.5 Å². The van der Waals surface area contributed by atoms with E-state index in [0.717, 1.165) is 5.56 Å². The Bertz CT molecular complexity index is 1100. The summed E-state index contributed by atoms with van der Waals surface area (Å²) in [5.74, 6) is -0.384.